The van der Waals surface area contributed by atoms with Crippen molar-refractivity contribution in [3.8, 4) is 5.75 Å². The summed E-state index contributed by atoms with van der Waals surface area (Å²) >= 11 is 4.17. The molecule has 1 rings (SSSR count). The number of unbranched alkanes of at least 4 members (excludes halogenated alkanes) is 3. The largest absolute Gasteiger partial charge is 0.494 e. The Hall–Kier alpha value is -1.16. The van der Waals surface area contributed by atoms with Crippen molar-refractivity contribution in [1.82, 2.24) is 0 Å². The molecular weight excluding hydrogens is 260 g/mol. The van der Waals surface area contributed by atoms with Crippen molar-refractivity contribution < 1.29 is 14.3 Å². The lowest BCUT2D eigenvalue weighted by Crippen LogP contribution is -2.04. The number of thiol groups is 1. The minimum atomic E-state index is -0.291. The fourth-order valence-electron chi connectivity index (χ4n) is 1.66. The minimum absolute atomic E-state index is 0.291. The van der Waals surface area contributed by atoms with E-state index in [1.54, 1.807) is 31.2 Å². The number of carbonyl (C=O) groups is 1. The summed E-state index contributed by atoms with van der Waals surface area (Å²) in [6, 6.07) is 7.07. The van der Waals surface area contributed by atoms with Crippen LogP contribution in [-0.2, 0) is 4.74 Å². The summed E-state index contributed by atoms with van der Waals surface area (Å²) in [6.45, 7) is 2.90. The standard InChI is InChI=1S/C15H22O3S/c1-2-17-15(16)13-7-9-14(10-8-13)18-11-5-3-4-6-12-19/h7-10,19H,2-6,11-12H2,1H3. The summed E-state index contributed by atoms with van der Waals surface area (Å²) < 4.78 is 10.5. The number of rotatable bonds is 9. The highest BCUT2D eigenvalue weighted by molar-refractivity contribution is 7.80. The zero-order valence-electron chi connectivity index (χ0n) is 11.4. The Balaban J connectivity index is 2.26. The minimum Gasteiger partial charge on any atom is -0.494 e. The maximum atomic E-state index is 11.4. The molecule has 0 aliphatic rings. The summed E-state index contributed by atoms with van der Waals surface area (Å²) in [5, 5.41) is 0. The Labute approximate surface area is 120 Å². The fourth-order valence-corrected chi connectivity index (χ4v) is 1.88. The van der Waals surface area contributed by atoms with E-state index in [9.17, 15) is 4.79 Å². The first-order chi connectivity index (χ1) is 9.27. The molecule has 1 aromatic carbocycles. The van der Waals surface area contributed by atoms with Crippen molar-refractivity contribution in [2.45, 2.75) is 32.6 Å². The van der Waals surface area contributed by atoms with Gasteiger partial charge >= 0.3 is 5.97 Å². The predicted octanol–water partition coefficient (Wildman–Crippen LogP) is 3.73. The van der Waals surface area contributed by atoms with Crippen LogP contribution in [0.3, 0.4) is 0 Å². The smallest absolute Gasteiger partial charge is 0.338 e. The van der Waals surface area contributed by atoms with Crippen LogP contribution in [0.15, 0.2) is 24.3 Å². The average Bonchev–Trinajstić information content (AvgIpc) is 2.43. The predicted molar refractivity (Wildman–Crippen MR) is 80.2 cm³/mol. The van der Waals surface area contributed by atoms with Crippen molar-refractivity contribution in [3.05, 3.63) is 29.8 Å². The zero-order valence-corrected chi connectivity index (χ0v) is 12.3. The lowest BCUT2D eigenvalue weighted by Gasteiger charge is -2.07. The summed E-state index contributed by atoms with van der Waals surface area (Å²) in [6.07, 6.45) is 4.58. The van der Waals surface area contributed by atoms with E-state index >= 15 is 0 Å². The van der Waals surface area contributed by atoms with Gasteiger partial charge in [0, 0.05) is 0 Å². The number of esters is 1. The van der Waals surface area contributed by atoms with Gasteiger partial charge in [-0.2, -0.15) is 12.6 Å². The summed E-state index contributed by atoms with van der Waals surface area (Å²) in [4.78, 5) is 11.4. The van der Waals surface area contributed by atoms with Crippen molar-refractivity contribution >= 4 is 18.6 Å². The third-order valence-corrected chi connectivity index (χ3v) is 3.00. The zero-order chi connectivity index (χ0) is 13.9. The molecule has 0 bridgehead atoms. The SMILES string of the molecule is CCOC(=O)c1ccc(OCCCCCCS)cc1. The number of carbonyl (C=O) groups excluding carboxylic acids is 1. The molecule has 0 heterocycles. The molecule has 106 valence electrons. The second-order valence-corrected chi connectivity index (χ2v) is 4.68. The number of hydrogen-bond acceptors (Lipinski definition) is 4. The van der Waals surface area contributed by atoms with Crippen LogP contribution in [0, 0.1) is 0 Å². The Morgan fingerprint density at radius 2 is 1.79 bits per heavy atom. The molecule has 0 fully saturated rings. The monoisotopic (exact) mass is 282 g/mol. The van der Waals surface area contributed by atoms with E-state index < -0.39 is 0 Å². The Morgan fingerprint density at radius 1 is 1.11 bits per heavy atom. The van der Waals surface area contributed by atoms with E-state index in [2.05, 4.69) is 12.6 Å². The van der Waals surface area contributed by atoms with Crippen LogP contribution in [0.2, 0.25) is 0 Å². The van der Waals surface area contributed by atoms with E-state index in [1.807, 2.05) is 0 Å². The Bertz CT molecular complexity index is 362. The van der Waals surface area contributed by atoms with Gasteiger partial charge in [0.15, 0.2) is 0 Å². The third-order valence-electron chi connectivity index (χ3n) is 2.69. The number of hydrogen-bond donors (Lipinski definition) is 1. The Morgan fingerprint density at radius 3 is 2.42 bits per heavy atom. The molecule has 0 radical (unpaired) electrons. The molecule has 0 aliphatic carbocycles. The molecule has 19 heavy (non-hydrogen) atoms. The van der Waals surface area contributed by atoms with Crippen LogP contribution in [0.25, 0.3) is 0 Å². The molecule has 0 atom stereocenters. The second-order valence-electron chi connectivity index (χ2n) is 4.23. The van der Waals surface area contributed by atoms with Crippen molar-refractivity contribution in [1.29, 1.82) is 0 Å². The van der Waals surface area contributed by atoms with Gasteiger partial charge < -0.3 is 9.47 Å². The first-order valence-electron chi connectivity index (χ1n) is 6.78. The van der Waals surface area contributed by atoms with Gasteiger partial charge in [0.05, 0.1) is 18.8 Å². The second kappa shape index (κ2) is 9.73. The van der Waals surface area contributed by atoms with Gasteiger partial charge in [0.2, 0.25) is 0 Å². The molecule has 3 nitrogen and oxygen atoms in total. The molecule has 0 saturated heterocycles. The molecule has 0 amide bonds. The third kappa shape index (κ3) is 6.53. The van der Waals surface area contributed by atoms with Crippen molar-refractivity contribution in [3.63, 3.8) is 0 Å². The summed E-state index contributed by atoms with van der Waals surface area (Å²) in [5.74, 6) is 1.46. The molecule has 0 N–H and O–H groups in total. The lowest BCUT2D eigenvalue weighted by molar-refractivity contribution is 0.0526. The van der Waals surface area contributed by atoms with Crippen molar-refractivity contribution in [2.24, 2.45) is 0 Å². The van der Waals surface area contributed by atoms with E-state index in [0.717, 1.165) is 24.3 Å². The van der Waals surface area contributed by atoms with Crippen LogP contribution in [0.5, 0.6) is 5.75 Å². The van der Waals surface area contributed by atoms with Gasteiger partial charge in [0.25, 0.3) is 0 Å². The van der Waals surface area contributed by atoms with E-state index in [1.165, 1.54) is 12.8 Å². The maximum Gasteiger partial charge on any atom is 0.338 e. The molecule has 4 heteroatoms. The van der Waals surface area contributed by atoms with E-state index in [0.29, 0.717) is 18.8 Å². The normalized spacial score (nSPS) is 10.2. The highest BCUT2D eigenvalue weighted by Crippen LogP contribution is 2.13. The van der Waals surface area contributed by atoms with Crippen LogP contribution >= 0.6 is 12.6 Å². The van der Waals surface area contributed by atoms with E-state index in [4.69, 9.17) is 9.47 Å². The number of benzene rings is 1. The molecule has 0 spiro atoms. The molecule has 0 unspecified atom stereocenters. The maximum absolute atomic E-state index is 11.4. The van der Waals surface area contributed by atoms with Crippen LogP contribution in [0.4, 0.5) is 0 Å². The number of ether oxygens (including phenoxy) is 2. The van der Waals surface area contributed by atoms with Gasteiger partial charge in [-0.3, -0.25) is 0 Å². The molecule has 0 saturated carbocycles. The van der Waals surface area contributed by atoms with Crippen LogP contribution in [-0.4, -0.2) is 24.9 Å². The first kappa shape index (κ1) is 15.9. The summed E-state index contributed by atoms with van der Waals surface area (Å²) in [5.41, 5.74) is 0.558. The van der Waals surface area contributed by atoms with Crippen LogP contribution in [0.1, 0.15) is 43.0 Å². The van der Waals surface area contributed by atoms with Gasteiger partial charge in [-0.05, 0) is 49.8 Å². The van der Waals surface area contributed by atoms with Gasteiger partial charge in [-0.25, -0.2) is 4.79 Å². The topological polar surface area (TPSA) is 35.5 Å². The highest BCUT2D eigenvalue weighted by Gasteiger charge is 2.05. The lowest BCUT2D eigenvalue weighted by atomic mass is 10.2. The van der Waals surface area contributed by atoms with Crippen molar-refractivity contribution in [2.75, 3.05) is 19.0 Å². The highest BCUT2D eigenvalue weighted by atomic mass is 32.1. The average molecular weight is 282 g/mol. The quantitative estimate of drug-likeness (QED) is 0.426. The van der Waals surface area contributed by atoms with Gasteiger partial charge in [-0.15, -0.1) is 0 Å². The fraction of sp³-hybridized carbons (Fsp3) is 0.533. The molecular formula is C15H22O3S. The Kier molecular flexibility index (Phi) is 8.14. The first-order valence-corrected chi connectivity index (χ1v) is 7.42. The molecule has 0 aliphatic heterocycles. The molecule has 0 aromatic heterocycles. The van der Waals surface area contributed by atoms with E-state index in [-0.39, 0.29) is 5.97 Å². The summed E-state index contributed by atoms with van der Waals surface area (Å²) in [7, 11) is 0. The van der Waals surface area contributed by atoms with Gasteiger partial charge in [0.1, 0.15) is 5.75 Å². The van der Waals surface area contributed by atoms with Gasteiger partial charge in [-0.1, -0.05) is 12.8 Å². The molecule has 1 aromatic rings. The van der Waals surface area contributed by atoms with Crippen LogP contribution < -0.4 is 4.74 Å².